The van der Waals surface area contributed by atoms with Crippen LogP contribution in [0.1, 0.15) is 5.69 Å². The van der Waals surface area contributed by atoms with Gasteiger partial charge in [-0.05, 0) is 50.4 Å². The van der Waals surface area contributed by atoms with Gasteiger partial charge in [-0.15, -0.1) is 0 Å². The fourth-order valence-electron chi connectivity index (χ4n) is 1.97. The number of benzene rings is 1. The Balaban J connectivity index is 1.70. The van der Waals surface area contributed by atoms with E-state index in [1.54, 1.807) is 18.2 Å². The molecule has 0 saturated carbocycles. The summed E-state index contributed by atoms with van der Waals surface area (Å²) in [5, 5.41) is 3.46. The summed E-state index contributed by atoms with van der Waals surface area (Å²) in [6, 6.07) is 12.7. The lowest BCUT2D eigenvalue weighted by Gasteiger charge is -2.16. The van der Waals surface area contributed by atoms with Gasteiger partial charge < -0.3 is 10.1 Å². The molecule has 2 aromatic rings. The van der Waals surface area contributed by atoms with E-state index in [0.717, 1.165) is 11.4 Å². The zero-order valence-electron chi connectivity index (χ0n) is 13.3. The molecule has 1 aromatic heterocycles. The molecule has 2 rings (SSSR count). The summed E-state index contributed by atoms with van der Waals surface area (Å²) < 4.78 is 5.60. The first-order valence-electron chi connectivity index (χ1n) is 7.33. The lowest BCUT2D eigenvalue weighted by Crippen LogP contribution is -2.33. The van der Waals surface area contributed by atoms with Gasteiger partial charge in [-0.1, -0.05) is 17.7 Å². The van der Waals surface area contributed by atoms with Crippen LogP contribution in [0, 0.1) is 6.92 Å². The molecule has 0 radical (unpaired) electrons. The first kappa shape index (κ1) is 17.2. The van der Waals surface area contributed by atoms with Crippen LogP contribution >= 0.6 is 11.6 Å². The van der Waals surface area contributed by atoms with Crippen LogP contribution in [0.25, 0.3) is 0 Å². The predicted octanol–water partition coefficient (Wildman–Crippen LogP) is 2.99. The fraction of sp³-hybridized carbons (Fsp3) is 0.294. The largest absolute Gasteiger partial charge is 0.492 e. The summed E-state index contributed by atoms with van der Waals surface area (Å²) in [5.41, 5.74) is 0.868. The Morgan fingerprint density at radius 2 is 2.00 bits per heavy atom. The number of hydrogen-bond donors (Lipinski definition) is 1. The highest BCUT2D eigenvalue weighted by Gasteiger charge is 2.08. The molecule has 0 atom stereocenters. The number of hydrogen-bond acceptors (Lipinski definition) is 4. The van der Waals surface area contributed by atoms with Crippen LogP contribution in [-0.2, 0) is 4.79 Å². The van der Waals surface area contributed by atoms with Crippen molar-refractivity contribution < 1.29 is 9.53 Å². The highest BCUT2D eigenvalue weighted by Crippen LogP contribution is 2.15. The van der Waals surface area contributed by atoms with E-state index < -0.39 is 0 Å². The van der Waals surface area contributed by atoms with E-state index in [9.17, 15) is 4.79 Å². The quantitative estimate of drug-likeness (QED) is 0.846. The number of halogens is 1. The zero-order chi connectivity index (χ0) is 16.7. The van der Waals surface area contributed by atoms with Gasteiger partial charge in [-0.25, -0.2) is 4.98 Å². The molecule has 0 unspecified atom stereocenters. The van der Waals surface area contributed by atoms with Crippen molar-refractivity contribution in [3.05, 3.63) is 53.2 Å². The van der Waals surface area contributed by atoms with Crippen molar-refractivity contribution in [2.45, 2.75) is 6.92 Å². The Morgan fingerprint density at radius 1 is 1.26 bits per heavy atom. The molecule has 5 nitrogen and oxygen atoms in total. The molecular formula is C17H20ClN3O2. The summed E-state index contributed by atoms with van der Waals surface area (Å²) in [7, 11) is 1.87. The number of aromatic nitrogens is 1. The Kier molecular flexibility index (Phi) is 6.38. The van der Waals surface area contributed by atoms with E-state index in [2.05, 4.69) is 10.3 Å². The first-order valence-corrected chi connectivity index (χ1v) is 7.71. The number of likely N-dealkylation sites (N-methyl/N-ethyl adjacent to an activating group) is 1. The zero-order valence-corrected chi connectivity index (χ0v) is 14.0. The Bertz CT molecular complexity index is 647. The van der Waals surface area contributed by atoms with E-state index in [-0.39, 0.29) is 12.5 Å². The van der Waals surface area contributed by atoms with Crippen LogP contribution in [0.15, 0.2) is 42.5 Å². The van der Waals surface area contributed by atoms with Crippen molar-refractivity contribution in [2.24, 2.45) is 0 Å². The minimum atomic E-state index is -0.0999. The van der Waals surface area contributed by atoms with Gasteiger partial charge in [0.2, 0.25) is 5.91 Å². The fourth-order valence-corrected chi connectivity index (χ4v) is 2.10. The van der Waals surface area contributed by atoms with Crippen molar-refractivity contribution in [2.75, 3.05) is 32.1 Å². The van der Waals surface area contributed by atoms with E-state index in [1.807, 2.05) is 43.1 Å². The smallest absolute Gasteiger partial charge is 0.239 e. The van der Waals surface area contributed by atoms with Crippen LogP contribution < -0.4 is 10.1 Å². The van der Waals surface area contributed by atoms with E-state index in [4.69, 9.17) is 16.3 Å². The minimum Gasteiger partial charge on any atom is -0.492 e. The number of rotatable bonds is 7. The molecule has 1 heterocycles. The number of anilines is 1. The average Bonchev–Trinajstić information content (AvgIpc) is 2.49. The van der Waals surface area contributed by atoms with Gasteiger partial charge in [0.15, 0.2) is 0 Å². The number of ether oxygens (including phenoxy) is 1. The maximum atomic E-state index is 12.0. The summed E-state index contributed by atoms with van der Waals surface area (Å²) in [6.45, 7) is 3.29. The topological polar surface area (TPSA) is 54.5 Å². The lowest BCUT2D eigenvalue weighted by molar-refractivity contribution is -0.117. The van der Waals surface area contributed by atoms with Crippen molar-refractivity contribution >= 4 is 23.3 Å². The maximum absolute atomic E-state index is 12.0. The van der Waals surface area contributed by atoms with Gasteiger partial charge in [-0.3, -0.25) is 9.69 Å². The van der Waals surface area contributed by atoms with Crippen LogP contribution in [0.4, 0.5) is 5.82 Å². The minimum absolute atomic E-state index is 0.0999. The van der Waals surface area contributed by atoms with Gasteiger partial charge in [0.1, 0.15) is 18.2 Å². The number of nitrogens with one attached hydrogen (secondary N) is 1. The molecule has 122 valence electrons. The molecular weight excluding hydrogens is 314 g/mol. The van der Waals surface area contributed by atoms with E-state index in [1.165, 1.54) is 0 Å². The molecule has 0 bridgehead atoms. The highest BCUT2D eigenvalue weighted by atomic mass is 35.5. The lowest BCUT2D eigenvalue weighted by atomic mass is 10.3. The summed E-state index contributed by atoms with van der Waals surface area (Å²) in [5.74, 6) is 1.23. The number of carbonyl (C=O) groups excluding carboxylic acids is 1. The summed E-state index contributed by atoms with van der Waals surface area (Å²) in [6.07, 6.45) is 0. The van der Waals surface area contributed by atoms with Crippen molar-refractivity contribution in [1.29, 1.82) is 0 Å². The normalized spacial score (nSPS) is 10.6. The number of carbonyl (C=O) groups is 1. The van der Waals surface area contributed by atoms with E-state index in [0.29, 0.717) is 24.0 Å². The monoisotopic (exact) mass is 333 g/mol. The standard InChI is InChI=1S/C17H20ClN3O2/c1-13-4-3-5-16(19-13)20-17(22)12-21(2)10-11-23-15-8-6-14(18)7-9-15/h3-9H,10-12H2,1-2H3,(H,19,20,22). The Morgan fingerprint density at radius 3 is 2.70 bits per heavy atom. The van der Waals surface area contributed by atoms with Gasteiger partial charge in [0.05, 0.1) is 6.54 Å². The third-order valence-corrected chi connectivity index (χ3v) is 3.38. The van der Waals surface area contributed by atoms with Crippen molar-refractivity contribution in [3.63, 3.8) is 0 Å². The molecule has 23 heavy (non-hydrogen) atoms. The van der Waals surface area contributed by atoms with Gasteiger partial charge in [-0.2, -0.15) is 0 Å². The second-order valence-corrected chi connectivity index (χ2v) is 5.69. The Labute approximate surface area is 141 Å². The molecule has 0 aliphatic heterocycles. The third-order valence-electron chi connectivity index (χ3n) is 3.12. The summed E-state index contributed by atoms with van der Waals surface area (Å²) in [4.78, 5) is 18.1. The van der Waals surface area contributed by atoms with Crippen molar-refractivity contribution in [3.8, 4) is 5.75 Å². The molecule has 0 spiro atoms. The second-order valence-electron chi connectivity index (χ2n) is 5.25. The molecule has 0 aliphatic carbocycles. The molecule has 0 aliphatic rings. The van der Waals surface area contributed by atoms with Gasteiger partial charge >= 0.3 is 0 Å². The van der Waals surface area contributed by atoms with Crippen LogP contribution in [0.3, 0.4) is 0 Å². The molecule has 0 saturated heterocycles. The van der Waals surface area contributed by atoms with Crippen molar-refractivity contribution in [1.82, 2.24) is 9.88 Å². The van der Waals surface area contributed by atoms with Gasteiger partial charge in [0, 0.05) is 17.3 Å². The number of aryl methyl sites for hydroxylation is 1. The highest BCUT2D eigenvalue weighted by molar-refractivity contribution is 6.30. The van der Waals surface area contributed by atoms with Crippen LogP contribution in [0.5, 0.6) is 5.75 Å². The second kappa shape index (κ2) is 8.50. The number of pyridine rings is 1. The van der Waals surface area contributed by atoms with Crippen LogP contribution in [-0.4, -0.2) is 42.5 Å². The molecule has 1 amide bonds. The predicted molar refractivity (Wildman–Crippen MR) is 92.0 cm³/mol. The average molecular weight is 334 g/mol. The molecule has 1 aromatic carbocycles. The molecule has 6 heteroatoms. The maximum Gasteiger partial charge on any atom is 0.239 e. The first-order chi connectivity index (χ1) is 11.0. The molecule has 0 fully saturated rings. The Hall–Kier alpha value is -2.11. The number of amides is 1. The van der Waals surface area contributed by atoms with E-state index >= 15 is 0 Å². The van der Waals surface area contributed by atoms with Crippen LogP contribution in [0.2, 0.25) is 5.02 Å². The van der Waals surface area contributed by atoms with Gasteiger partial charge in [0.25, 0.3) is 0 Å². The third kappa shape index (κ3) is 6.26. The number of nitrogens with zero attached hydrogens (tertiary/aromatic N) is 2. The SMILES string of the molecule is Cc1cccc(NC(=O)CN(C)CCOc2ccc(Cl)cc2)n1. The summed E-state index contributed by atoms with van der Waals surface area (Å²) >= 11 is 5.82. The molecule has 1 N–H and O–H groups in total.